The van der Waals surface area contributed by atoms with Crippen molar-refractivity contribution in [2.24, 2.45) is 4.99 Å². The Kier molecular flexibility index (Phi) is 12.1. The normalized spacial score (nSPS) is 15.1. The first-order valence-electron chi connectivity index (χ1n) is 9.50. The first kappa shape index (κ1) is 27.0. The molecular weight excluding hydrogens is 419 g/mol. The van der Waals surface area contributed by atoms with Crippen LogP contribution < -0.4 is 4.90 Å². The summed E-state index contributed by atoms with van der Waals surface area (Å²) in [6, 6.07) is 5.36. The molecule has 6 nitrogen and oxygen atoms in total. The van der Waals surface area contributed by atoms with Gasteiger partial charge in [0.25, 0.3) is 0 Å². The van der Waals surface area contributed by atoms with E-state index in [-0.39, 0.29) is 24.8 Å². The van der Waals surface area contributed by atoms with Gasteiger partial charge in [-0.25, -0.2) is 13.4 Å². The van der Waals surface area contributed by atoms with Crippen molar-refractivity contribution in [1.29, 1.82) is 0 Å². The molecule has 1 aromatic carbocycles. The summed E-state index contributed by atoms with van der Waals surface area (Å²) in [5.74, 6) is 0. The van der Waals surface area contributed by atoms with E-state index in [4.69, 9.17) is 0 Å². The summed E-state index contributed by atoms with van der Waals surface area (Å²) in [6.07, 6.45) is 6.56. The van der Waals surface area contributed by atoms with Gasteiger partial charge in [-0.15, -0.1) is 24.8 Å². The van der Waals surface area contributed by atoms with Crippen molar-refractivity contribution in [2.75, 3.05) is 45.2 Å². The van der Waals surface area contributed by atoms with Crippen LogP contribution >= 0.6 is 24.8 Å². The van der Waals surface area contributed by atoms with Crippen LogP contribution in [-0.2, 0) is 10.0 Å². The third-order valence-corrected chi connectivity index (χ3v) is 6.71. The van der Waals surface area contributed by atoms with E-state index in [1.165, 1.54) is 17.1 Å². The van der Waals surface area contributed by atoms with Crippen LogP contribution in [0.1, 0.15) is 39.5 Å². The minimum Gasteiger partial charge on any atom is -0.370 e. The summed E-state index contributed by atoms with van der Waals surface area (Å²) < 4.78 is 27.2. The van der Waals surface area contributed by atoms with Crippen molar-refractivity contribution in [3.05, 3.63) is 18.2 Å². The molecule has 1 saturated heterocycles. The lowest BCUT2D eigenvalue weighted by atomic mass is 10.2. The number of aliphatic imine (C=N–C) groups is 1. The molecule has 0 unspecified atom stereocenters. The molecule has 0 N–H and O–H groups in total. The van der Waals surface area contributed by atoms with Crippen LogP contribution in [-0.4, -0.2) is 64.2 Å². The molecule has 28 heavy (non-hydrogen) atoms. The smallest absolute Gasteiger partial charge is 0.243 e. The van der Waals surface area contributed by atoms with Gasteiger partial charge in [-0.2, -0.15) is 4.31 Å². The first-order valence-corrected chi connectivity index (χ1v) is 10.9. The van der Waals surface area contributed by atoms with Crippen LogP contribution in [0.2, 0.25) is 0 Å². The highest BCUT2D eigenvalue weighted by Crippen LogP contribution is 2.33. The molecule has 1 aliphatic rings. The first-order chi connectivity index (χ1) is 12.4. The van der Waals surface area contributed by atoms with Crippen LogP contribution in [0.25, 0.3) is 0 Å². The molecule has 0 amide bonds. The van der Waals surface area contributed by atoms with Gasteiger partial charge in [-0.3, -0.25) is 0 Å². The van der Waals surface area contributed by atoms with Gasteiger partial charge in [0.2, 0.25) is 10.0 Å². The number of nitrogens with zero attached hydrogens (tertiary/aromatic N) is 4. The molecule has 0 spiro atoms. The molecule has 0 aromatic heterocycles. The van der Waals surface area contributed by atoms with Crippen molar-refractivity contribution in [1.82, 2.24) is 9.21 Å². The van der Waals surface area contributed by atoms with Crippen LogP contribution in [0.3, 0.4) is 0 Å². The molecule has 2 rings (SSSR count). The zero-order chi connectivity index (χ0) is 19.2. The highest BCUT2D eigenvalue weighted by atomic mass is 35.5. The Balaban J connectivity index is 0.00000364. The zero-order valence-corrected chi connectivity index (χ0v) is 19.7. The summed E-state index contributed by atoms with van der Waals surface area (Å²) in [5.41, 5.74) is 1.73. The molecular formula is C19H34Cl2N4O2S. The van der Waals surface area contributed by atoms with Gasteiger partial charge in [0.05, 0.1) is 22.6 Å². The maximum absolute atomic E-state index is 12.9. The van der Waals surface area contributed by atoms with E-state index in [2.05, 4.69) is 9.89 Å². The van der Waals surface area contributed by atoms with Gasteiger partial charge in [0.15, 0.2) is 0 Å². The van der Waals surface area contributed by atoms with Crippen molar-refractivity contribution in [2.45, 2.75) is 44.4 Å². The Bertz CT molecular complexity index is 715. The Morgan fingerprint density at radius 2 is 1.61 bits per heavy atom. The number of anilines is 1. The molecule has 0 aliphatic carbocycles. The Hall–Kier alpha value is -1.02. The summed E-state index contributed by atoms with van der Waals surface area (Å²) in [6.45, 7) is 6.63. The standard InChI is InChI=1S/C19H32N4O2S.2ClH/c1-5-23(6-2)26(24,25)17-11-12-19(18(15-17)20-16-21(3)4)22-13-9-7-8-10-14-22;;/h11-12,15-16H,5-10,13-14H2,1-4H3;2*1H. The highest BCUT2D eigenvalue weighted by molar-refractivity contribution is 7.89. The van der Waals surface area contributed by atoms with Crippen LogP contribution in [0.4, 0.5) is 11.4 Å². The number of hydrogen-bond donors (Lipinski definition) is 0. The average molecular weight is 453 g/mol. The maximum atomic E-state index is 12.9. The Morgan fingerprint density at radius 3 is 2.11 bits per heavy atom. The number of benzene rings is 1. The van der Waals surface area contributed by atoms with Crippen LogP contribution in [0, 0.1) is 0 Å². The van der Waals surface area contributed by atoms with Gasteiger partial charge in [0, 0.05) is 40.3 Å². The maximum Gasteiger partial charge on any atom is 0.243 e. The molecule has 162 valence electrons. The van der Waals surface area contributed by atoms with E-state index in [0.717, 1.165) is 31.6 Å². The van der Waals surface area contributed by atoms with Crippen LogP contribution in [0.15, 0.2) is 28.1 Å². The predicted octanol–water partition coefficient (Wildman–Crippen LogP) is 4.16. The third-order valence-electron chi connectivity index (χ3n) is 4.66. The molecule has 9 heteroatoms. The Morgan fingerprint density at radius 1 is 1.04 bits per heavy atom. The number of sulfonamides is 1. The van der Waals surface area contributed by atoms with Gasteiger partial charge >= 0.3 is 0 Å². The number of rotatable bonds is 7. The molecule has 0 saturated carbocycles. The summed E-state index contributed by atoms with van der Waals surface area (Å²) in [5, 5.41) is 0. The van der Waals surface area contributed by atoms with E-state index in [1.54, 1.807) is 18.5 Å². The van der Waals surface area contributed by atoms with E-state index in [0.29, 0.717) is 23.7 Å². The van der Waals surface area contributed by atoms with Crippen molar-refractivity contribution in [3.63, 3.8) is 0 Å². The zero-order valence-electron chi connectivity index (χ0n) is 17.3. The average Bonchev–Trinajstić information content (AvgIpc) is 2.89. The highest BCUT2D eigenvalue weighted by Gasteiger charge is 2.23. The van der Waals surface area contributed by atoms with Crippen molar-refractivity contribution >= 4 is 52.6 Å². The molecule has 0 atom stereocenters. The van der Waals surface area contributed by atoms with E-state index >= 15 is 0 Å². The SMILES string of the molecule is CCN(CC)S(=O)(=O)c1ccc(N2CCCCCC2)c(N=CN(C)C)c1.Cl.Cl. The van der Waals surface area contributed by atoms with Crippen LogP contribution in [0.5, 0.6) is 0 Å². The summed E-state index contributed by atoms with van der Waals surface area (Å²) in [7, 11) is 0.327. The van der Waals surface area contributed by atoms with E-state index < -0.39 is 10.0 Å². The van der Waals surface area contributed by atoms with E-state index in [9.17, 15) is 8.42 Å². The molecule has 1 fully saturated rings. The van der Waals surface area contributed by atoms with Gasteiger partial charge in [-0.1, -0.05) is 26.7 Å². The van der Waals surface area contributed by atoms with Crippen molar-refractivity contribution in [3.8, 4) is 0 Å². The summed E-state index contributed by atoms with van der Waals surface area (Å²) >= 11 is 0. The van der Waals surface area contributed by atoms with Crippen molar-refractivity contribution < 1.29 is 8.42 Å². The fourth-order valence-electron chi connectivity index (χ4n) is 3.24. The minimum absolute atomic E-state index is 0. The quantitative estimate of drug-likeness (QED) is 0.460. The van der Waals surface area contributed by atoms with E-state index in [1.807, 2.05) is 38.9 Å². The van der Waals surface area contributed by atoms with Gasteiger partial charge < -0.3 is 9.80 Å². The molecule has 0 radical (unpaired) electrons. The topological polar surface area (TPSA) is 56.2 Å². The third kappa shape index (κ3) is 6.79. The van der Waals surface area contributed by atoms with Gasteiger partial charge in [0.1, 0.15) is 0 Å². The second-order valence-electron chi connectivity index (χ2n) is 6.85. The minimum atomic E-state index is -3.49. The predicted molar refractivity (Wildman–Crippen MR) is 124 cm³/mol. The second kappa shape index (κ2) is 12.5. The summed E-state index contributed by atoms with van der Waals surface area (Å²) in [4.78, 5) is 9.08. The lowest BCUT2D eigenvalue weighted by molar-refractivity contribution is 0.445. The largest absolute Gasteiger partial charge is 0.370 e. The fraction of sp³-hybridized carbons (Fsp3) is 0.632. The second-order valence-corrected chi connectivity index (χ2v) is 8.79. The Labute approximate surface area is 182 Å². The lowest BCUT2D eigenvalue weighted by Gasteiger charge is -2.25. The fourth-order valence-corrected chi connectivity index (χ4v) is 4.71. The molecule has 1 heterocycles. The molecule has 0 bridgehead atoms. The number of halogens is 2. The molecule has 1 aromatic rings. The monoisotopic (exact) mass is 452 g/mol. The molecule has 1 aliphatic heterocycles. The lowest BCUT2D eigenvalue weighted by Crippen LogP contribution is -2.30. The number of hydrogen-bond acceptors (Lipinski definition) is 4. The van der Waals surface area contributed by atoms with Gasteiger partial charge in [-0.05, 0) is 31.0 Å².